The van der Waals surface area contributed by atoms with E-state index in [-0.39, 0.29) is 34.0 Å². The molecule has 0 aliphatic rings. The van der Waals surface area contributed by atoms with E-state index < -0.39 is 11.6 Å². The first kappa shape index (κ1) is 12.8. The van der Waals surface area contributed by atoms with Gasteiger partial charge in [-0.2, -0.15) is 4.98 Å². The molecule has 2 aromatic rings. The van der Waals surface area contributed by atoms with Crippen molar-refractivity contribution in [3.8, 4) is 22.9 Å². The maximum absolute atomic E-state index is 14.0. The Balaban J connectivity index is 2.65. The number of methoxy groups -OCH3 is 1. The Morgan fingerprint density at radius 3 is 2.89 bits per heavy atom. The predicted octanol–water partition coefficient (Wildman–Crippen LogP) is 1.81. The van der Waals surface area contributed by atoms with Gasteiger partial charge < -0.3 is 20.1 Å². The summed E-state index contributed by atoms with van der Waals surface area (Å²) >= 11 is 3.02. The Morgan fingerprint density at radius 2 is 2.33 bits per heavy atom. The number of phenolic OH excluding ortho intramolecular Hbond substituents is 1. The first-order chi connectivity index (χ1) is 8.58. The summed E-state index contributed by atoms with van der Waals surface area (Å²) in [5.74, 6) is -0.967. The lowest BCUT2D eigenvalue weighted by Crippen LogP contribution is -1.97. The van der Waals surface area contributed by atoms with E-state index in [0.717, 1.165) is 0 Å². The SMILES string of the molecule is COc1cc(Br)c(F)c(-c2noc(CN)n2)c1O. The minimum absolute atomic E-state index is 0.0283. The molecule has 0 saturated heterocycles. The van der Waals surface area contributed by atoms with Crippen LogP contribution >= 0.6 is 15.9 Å². The smallest absolute Gasteiger partial charge is 0.240 e. The molecule has 0 aliphatic heterocycles. The molecule has 0 saturated carbocycles. The van der Waals surface area contributed by atoms with E-state index in [2.05, 4.69) is 26.1 Å². The molecule has 0 atom stereocenters. The van der Waals surface area contributed by atoms with Crippen molar-refractivity contribution < 1.29 is 18.8 Å². The van der Waals surface area contributed by atoms with Crippen LogP contribution in [0.25, 0.3) is 11.4 Å². The molecular weight excluding hydrogens is 309 g/mol. The highest BCUT2D eigenvalue weighted by atomic mass is 79.9. The number of hydrogen-bond acceptors (Lipinski definition) is 6. The Hall–Kier alpha value is -1.67. The molecule has 2 rings (SSSR count). The van der Waals surface area contributed by atoms with Gasteiger partial charge in [-0.1, -0.05) is 5.16 Å². The maximum atomic E-state index is 14.0. The summed E-state index contributed by atoms with van der Waals surface area (Å²) in [4.78, 5) is 3.86. The molecule has 0 spiro atoms. The number of rotatable bonds is 3. The summed E-state index contributed by atoms with van der Waals surface area (Å²) in [6.07, 6.45) is 0. The average Bonchev–Trinajstić information content (AvgIpc) is 2.82. The Bertz CT molecular complexity index is 588. The van der Waals surface area contributed by atoms with Gasteiger partial charge in [-0.25, -0.2) is 4.39 Å². The summed E-state index contributed by atoms with van der Waals surface area (Å²) in [5.41, 5.74) is 5.11. The molecule has 6 nitrogen and oxygen atoms in total. The molecule has 0 aliphatic carbocycles. The number of benzene rings is 1. The monoisotopic (exact) mass is 317 g/mol. The maximum Gasteiger partial charge on any atom is 0.240 e. The molecule has 0 unspecified atom stereocenters. The zero-order valence-corrected chi connectivity index (χ0v) is 10.9. The fourth-order valence-corrected chi connectivity index (χ4v) is 1.80. The molecule has 1 heterocycles. The van der Waals surface area contributed by atoms with E-state index in [0.29, 0.717) is 0 Å². The minimum atomic E-state index is -0.710. The van der Waals surface area contributed by atoms with Gasteiger partial charge in [0.25, 0.3) is 0 Å². The third-order valence-corrected chi connectivity index (χ3v) is 2.82. The van der Waals surface area contributed by atoms with E-state index in [1.807, 2.05) is 0 Å². The summed E-state index contributed by atoms with van der Waals surface area (Å²) in [6, 6.07) is 1.30. The van der Waals surface area contributed by atoms with Crippen LogP contribution in [0.4, 0.5) is 4.39 Å². The molecular formula is C10H9BrFN3O3. The Kier molecular flexibility index (Phi) is 3.48. The van der Waals surface area contributed by atoms with Crippen LogP contribution in [0.3, 0.4) is 0 Å². The number of aromatic hydroxyl groups is 1. The van der Waals surface area contributed by atoms with E-state index in [1.165, 1.54) is 13.2 Å². The highest BCUT2D eigenvalue weighted by Crippen LogP contribution is 2.41. The van der Waals surface area contributed by atoms with Crippen LogP contribution in [0, 0.1) is 5.82 Å². The van der Waals surface area contributed by atoms with Crippen LogP contribution in [0.15, 0.2) is 15.1 Å². The van der Waals surface area contributed by atoms with Crippen molar-refractivity contribution in [2.24, 2.45) is 5.73 Å². The summed E-state index contributed by atoms with van der Waals surface area (Å²) < 4.78 is 23.8. The minimum Gasteiger partial charge on any atom is -0.504 e. The summed E-state index contributed by atoms with van der Waals surface area (Å²) in [7, 11) is 1.35. The van der Waals surface area contributed by atoms with Crippen molar-refractivity contribution in [3.63, 3.8) is 0 Å². The van der Waals surface area contributed by atoms with Gasteiger partial charge in [-0.3, -0.25) is 0 Å². The van der Waals surface area contributed by atoms with E-state index in [4.69, 9.17) is 15.0 Å². The van der Waals surface area contributed by atoms with Crippen molar-refractivity contribution in [2.45, 2.75) is 6.54 Å². The van der Waals surface area contributed by atoms with Crippen LogP contribution in [-0.4, -0.2) is 22.4 Å². The lowest BCUT2D eigenvalue weighted by atomic mass is 10.1. The molecule has 0 amide bonds. The largest absolute Gasteiger partial charge is 0.504 e. The van der Waals surface area contributed by atoms with Gasteiger partial charge in [0.1, 0.15) is 5.56 Å². The summed E-state index contributed by atoms with van der Waals surface area (Å²) in [5, 5.41) is 13.4. The van der Waals surface area contributed by atoms with Gasteiger partial charge >= 0.3 is 0 Å². The molecule has 18 heavy (non-hydrogen) atoms. The van der Waals surface area contributed by atoms with Gasteiger partial charge in [0, 0.05) is 6.07 Å². The zero-order chi connectivity index (χ0) is 13.3. The molecule has 96 valence electrons. The number of phenols is 1. The Morgan fingerprint density at radius 1 is 1.61 bits per heavy atom. The van der Waals surface area contributed by atoms with Crippen molar-refractivity contribution in [1.82, 2.24) is 10.1 Å². The number of aromatic nitrogens is 2. The van der Waals surface area contributed by atoms with Crippen molar-refractivity contribution in [3.05, 3.63) is 22.2 Å². The second-order valence-corrected chi connectivity index (χ2v) is 4.17. The molecule has 0 radical (unpaired) electrons. The fourth-order valence-electron chi connectivity index (χ4n) is 1.39. The van der Waals surface area contributed by atoms with Crippen LogP contribution in [-0.2, 0) is 6.54 Å². The highest BCUT2D eigenvalue weighted by Gasteiger charge is 2.23. The average molecular weight is 318 g/mol. The standard InChI is InChI=1S/C10H9BrFN3O3/c1-17-5-2-4(11)8(12)7(9(5)16)10-14-6(3-13)18-15-10/h2,16H,3,13H2,1H3. The lowest BCUT2D eigenvalue weighted by molar-refractivity contribution is 0.369. The molecule has 8 heteroatoms. The molecule has 1 aromatic carbocycles. The second-order valence-electron chi connectivity index (χ2n) is 3.31. The third kappa shape index (κ3) is 2.04. The topological polar surface area (TPSA) is 94.4 Å². The van der Waals surface area contributed by atoms with Crippen molar-refractivity contribution >= 4 is 15.9 Å². The van der Waals surface area contributed by atoms with Crippen LogP contribution in [0.2, 0.25) is 0 Å². The van der Waals surface area contributed by atoms with Gasteiger partial charge in [0.05, 0.1) is 18.1 Å². The molecule has 0 bridgehead atoms. The van der Waals surface area contributed by atoms with Crippen LogP contribution in [0.5, 0.6) is 11.5 Å². The van der Waals surface area contributed by atoms with E-state index in [9.17, 15) is 9.50 Å². The van der Waals surface area contributed by atoms with Gasteiger partial charge in [-0.15, -0.1) is 0 Å². The molecule has 1 aromatic heterocycles. The first-order valence-electron chi connectivity index (χ1n) is 4.86. The number of halogens is 2. The quantitative estimate of drug-likeness (QED) is 0.896. The number of hydrogen-bond donors (Lipinski definition) is 2. The van der Waals surface area contributed by atoms with Gasteiger partial charge in [0.15, 0.2) is 17.3 Å². The lowest BCUT2D eigenvalue weighted by Gasteiger charge is -2.08. The first-order valence-corrected chi connectivity index (χ1v) is 5.65. The number of ether oxygens (including phenoxy) is 1. The normalized spacial score (nSPS) is 10.7. The number of nitrogens with zero attached hydrogens (tertiary/aromatic N) is 2. The third-order valence-electron chi connectivity index (χ3n) is 2.24. The van der Waals surface area contributed by atoms with Crippen LogP contribution < -0.4 is 10.5 Å². The van der Waals surface area contributed by atoms with Crippen molar-refractivity contribution in [1.29, 1.82) is 0 Å². The fraction of sp³-hybridized carbons (Fsp3) is 0.200. The van der Waals surface area contributed by atoms with Crippen LogP contribution in [0.1, 0.15) is 5.89 Å². The van der Waals surface area contributed by atoms with Gasteiger partial charge in [-0.05, 0) is 15.9 Å². The molecule has 0 fully saturated rings. The number of nitrogens with two attached hydrogens (primary N) is 1. The van der Waals surface area contributed by atoms with E-state index in [1.54, 1.807) is 0 Å². The predicted molar refractivity (Wildman–Crippen MR) is 63.5 cm³/mol. The second kappa shape index (κ2) is 4.91. The van der Waals surface area contributed by atoms with E-state index >= 15 is 0 Å². The van der Waals surface area contributed by atoms with Crippen molar-refractivity contribution in [2.75, 3.05) is 7.11 Å². The summed E-state index contributed by atoms with van der Waals surface area (Å²) in [6.45, 7) is 0.0283. The van der Waals surface area contributed by atoms with Gasteiger partial charge in [0.2, 0.25) is 11.7 Å². The Labute approximate surface area is 110 Å². The molecule has 3 N–H and O–H groups in total. The zero-order valence-electron chi connectivity index (χ0n) is 9.28. The highest BCUT2D eigenvalue weighted by molar-refractivity contribution is 9.10.